The van der Waals surface area contributed by atoms with Crippen molar-refractivity contribution in [3.8, 4) is 5.75 Å². The van der Waals surface area contributed by atoms with Crippen LogP contribution in [0.3, 0.4) is 0 Å². The van der Waals surface area contributed by atoms with Gasteiger partial charge in [0.05, 0.1) is 6.61 Å². The molecule has 90 valence electrons. The van der Waals surface area contributed by atoms with Gasteiger partial charge in [0.2, 0.25) is 0 Å². The van der Waals surface area contributed by atoms with E-state index in [0.29, 0.717) is 12.5 Å². The molecule has 2 nitrogen and oxygen atoms in total. The summed E-state index contributed by atoms with van der Waals surface area (Å²) in [5.41, 5.74) is 0. The zero-order valence-corrected chi connectivity index (χ0v) is 9.59. The lowest BCUT2D eigenvalue weighted by Gasteiger charge is -2.13. The fourth-order valence-corrected chi connectivity index (χ4v) is 1.30. The van der Waals surface area contributed by atoms with Gasteiger partial charge in [0.15, 0.2) is 0 Å². The summed E-state index contributed by atoms with van der Waals surface area (Å²) in [6, 6.07) is 3.20. The van der Waals surface area contributed by atoms with Gasteiger partial charge in [-0.3, -0.25) is 0 Å². The van der Waals surface area contributed by atoms with Crippen molar-refractivity contribution in [2.75, 3.05) is 19.7 Å². The van der Waals surface area contributed by atoms with Crippen LogP contribution in [-0.4, -0.2) is 19.7 Å². The predicted molar refractivity (Wildman–Crippen MR) is 59.6 cm³/mol. The van der Waals surface area contributed by atoms with Crippen LogP contribution in [0.1, 0.15) is 13.8 Å². The Balaban J connectivity index is 2.41. The SMILES string of the molecule is CCNCC(C)COc1cc(F)cc(F)c1. The van der Waals surface area contributed by atoms with Gasteiger partial charge in [-0.1, -0.05) is 13.8 Å². The molecule has 0 saturated heterocycles. The molecule has 0 aromatic heterocycles. The minimum atomic E-state index is -0.616. The minimum absolute atomic E-state index is 0.237. The van der Waals surface area contributed by atoms with Gasteiger partial charge in [-0.15, -0.1) is 0 Å². The first kappa shape index (κ1) is 12.9. The fourth-order valence-electron chi connectivity index (χ4n) is 1.30. The molecule has 0 amide bonds. The average molecular weight is 229 g/mol. The lowest BCUT2D eigenvalue weighted by atomic mass is 10.2. The number of hydrogen-bond donors (Lipinski definition) is 1. The van der Waals surface area contributed by atoms with Crippen LogP contribution < -0.4 is 10.1 Å². The third kappa shape index (κ3) is 4.57. The Morgan fingerprint density at radius 2 is 1.88 bits per heavy atom. The van der Waals surface area contributed by atoms with Crippen molar-refractivity contribution < 1.29 is 13.5 Å². The number of nitrogens with one attached hydrogen (secondary N) is 1. The molecule has 1 aromatic rings. The number of rotatable bonds is 6. The molecule has 0 bridgehead atoms. The van der Waals surface area contributed by atoms with Crippen molar-refractivity contribution in [2.45, 2.75) is 13.8 Å². The molecular weight excluding hydrogens is 212 g/mol. The molecule has 0 saturated carbocycles. The Morgan fingerprint density at radius 1 is 1.25 bits per heavy atom. The summed E-state index contributed by atoms with van der Waals surface area (Å²) < 4.78 is 31.0. The van der Waals surface area contributed by atoms with Crippen LogP contribution >= 0.6 is 0 Å². The molecule has 0 aliphatic heterocycles. The Morgan fingerprint density at radius 3 is 2.44 bits per heavy atom. The van der Waals surface area contributed by atoms with E-state index in [1.54, 1.807) is 0 Å². The summed E-state index contributed by atoms with van der Waals surface area (Å²) in [6.07, 6.45) is 0. The number of ether oxygens (including phenoxy) is 1. The minimum Gasteiger partial charge on any atom is -0.493 e. The lowest BCUT2D eigenvalue weighted by molar-refractivity contribution is 0.254. The molecule has 1 aromatic carbocycles. The van der Waals surface area contributed by atoms with Crippen molar-refractivity contribution in [1.29, 1.82) is 0 Å². The number of benzene rings is 1. The van der Waals surface area contributed by atoms with Crippen LogP contribution in [-0.2, 0) is 0 Å². The summed E-state index contributed by atoms with van der Waals surface area (Å²) in [5.74, 6) is -0.698. The van der Waals surface area contributed by atoms with E-state index in [1.807, 2.05) is 13.8 Å². The van der Waals surface area contributed by atoms with Gasteiger partial charge in [0.1, 0.15) is 17.4 Å². The summed E-state index contributed by atoms with van der Waals surface area (Å²) in [5, 5.41) is 3.18. The molecule has 1 rings (SSSR count). The first-order chi connectivity index (χ1) is 7.61. The molecule has 0 radical (unpaired) electrons. The number of hydrogen-bond acceptors (Lipinski definition) is 2. The Kier molecular flexibility index (Phi) is 5.19. The third-order valence-corrected chi connectivity index (χ3v) is 2.11. The van der Waals surface area contributed by atoms with Crippen molar-refractivity contribution >= 4 is 0 Å². The molecule has 0 aliphatic carbocycles. The highest BCUT2D eigenvalue weighted by atomic mass is 19.1. The topological polar surface area (TPSA) is 21.3 Å². The normalized spacial score (nSPS) is 12.5. The van der Waals surface area contributed by atoms with E-state index in [2.05, 4.69) is 5.32 Å². The van der Waals surface area contributed by atoms with Gasteiger partial charge < -0.3 is 10.1 Å². The summed E-state index contributed by atoms with van der Waals surface area (Å²) >= 11 is 0. The van der Waals surface area contributed by atoms with Crippen molar-refractivity contribution in [1.82, 2.24) is 5.32 Å². The molecule has 0 spiro atoms. The van der Waals surface area contributed by atoms with Gasteiger partial charge in [0.25, 0.3) is 0 Å². The van der Waals surface area contributed by atoms with Crippen molar-refractivity contribution in [2.24, 2.45) is 5.92 Å². The zero-order chi connectivity index (χ0) is 12.0. The highest BCUT2D eigenvalue weighted by molar-refractivity contribution is 5.23. The van der Waals surface area contributed by atoms with Crippen LogP contribution in [0.5, 0.6) is 5.75 Å². The molecule has 0 fully saturated rings. The molecule has 0 heterocycles. The van der Waals surface area contributed by atoms with Crippen LogP contribution in [0.4, 0.5) is 8.78 Å². The molecule has 1 atom stereocenters. The average Bonchev–Trinajstić information content (AvgIpc) is 2.22. The molecule has 0 aliphatic rings. The maximum atomic E-state index is 12.8. The Bertz CT molecular complexity index is 311. The Hall–Kier alpha value is -1.16. The van der Waals surface area contributed by atoms with E-state index in [9.17, 15) is 8.78 Å². The van der Waals surface area contributed by atoms with Crippen LogP contribution in [0, 0.1) is 17.6 Å². The largest absolute Gasteiger partial charge is 0.493 e. The highest BCUT2D eigenvalue weighted by Gasteiger charge is 2.05. The number of halogens is 2. The maximum absolute atomic E-state index is 12.8. The molecule has 1 unspecified atom stereocenters. The van der Waals surface area contributed by atoms with E-state index in [4.69, 9.17) is 4.74 Å². The predicted octanol–water partition coefficient (Wildman–Crippen LogP) is 2.59. The van der Waals surface area contributed by atoms with Gasteiger partial charge in [-0.25, -0.2) is 8.78 Å². The lowest BCUT2D eigenvalue weighted by Crippen LogP contribution is -2.24. The van der Waals surface area contributed by atoms with Gasteiger partial charge >= 0.3 is 0 Å². The maximum Gasteiger partial charge on any atom is 0.129 e. The second-order valence-corrected chi connectivity index (χ2v) is 3.83. The third-order valence-electron chi connectivity index (χ3n) is 2.11. The van der Waals surface area contributed by atoms with E-state index in [1.165, 1.54) is 12.1 Å². The quantitative estimate of drug-likeness (QED) is 0.809. The van der Waals surface area contributed by atoms with E-state index in [-0.39, 0.29) is 5.75 Å². The van der Waals surface area contributed by atoms with E-state index in [0.717, 1.165) is 19.2 Å². The second-order valence-electron chi connectivity index (χ2n) is 3.83. The molecule has 16 heavy (non-hydrogen) atoms. The van der Waals surface area contributed by atoms with E-state index < -0.39 is 11.6 Å². The molecule has 1 N–H and O–H groups in total. The first-order valence-electron chi connectivity index (χ1n) is 5.41. The first-order valence-corrected chi connectivity index (χ1v) is 5.41. The van der Waals surface area contributed by atoms with Gasteiger partial charge in [0, 0.05) is 30.7 Å². The van der Waals surface area contributed by atoms with Gasteiger partial charge in [-0.2, -0.15) is 0 Å². The second kappa shape index (κ2) is 6.43. The fraction of sp³-hybridized carbons (Fsp3) is 0.500. The summed E-state index contributed by atoms with van der Waals surface area (Å²) in [7, 11) is 0. The van der Waals surface area contributed by atoms with Crippen LogP contribution in [0.15, 0.2) is 18.2 Å². The summed E-state index contributed by atoms with van der Waals surface area (Å²) in [6.45, 7) is 6.21. The Labute approximate surface area is 94.6 Å². The van der Waals surface area contributed by atoms with Crippen molar-refractivity contribution in [3.05, 3.63) is 29.8 Å². The standard InChI is InChI=1S/C12H17F2NO/c1-3-15-7-9(2)8-16-12-5-10(13)4-11(14)6-12/h4-6,9,15H,3,7-8H2,1-2H3. The zero-order valence-electron chi connectivity index (χ0n) is 9.59. The molecular formula is C12H17F2NO. The smallest absolute Gasteiger partial charge is 0.129 e. The van der Waals surface area contributed by atoms with Crippen molar-refractivity contribution in [3.63, 3.8) is 0 Å². The monoisotopic (exact) mass is 229 g/mol. The van der Waals surface area contributed by atoms with Crippen LogP contribution in [0.25, 0.3) is 0 Å². The van der Waals surface area contributed by atoms with E-state index >= 15 is 0 Å². The van der Waals surface area contributed by atoms with Gasteiger partial charge in [-0.05, 0) is 6.54 Å². The highest BCUT2D eigenvalue weighted by Crippen LogP contribution is 2.15. The van der Waals surface area contributed by atoms with Crippen LogP contribution in [0.2, 0.25) is 0 Å². The summed E-state index contributed by atoms with van der Waals surface area (Å²) in [4.78, 5) is 0. The molecule has 4 heteroatoms.